The third kappa shape index (κ3) is 3.21. The summed E-state index contributed by atoms with van der Waals surface area (Å²) in [5.74, 6) is 0.313. The van der Waals surface area contributed by atoms with Crippen molar-refractivity contribution >= 4 is 0 Å². The number of halogens is 1. The SMILES string of the molecule is O=c1[nH]c(-c2cccnc2)nc2c1CCN(Cc1ccccc1F)C2. The minimum absolute atomic E-state index is 0.102. The number of aromatic nitrogens is 3. The zero-order valence-corrected chi connectivity index (χ0v) is 13.6. The fraction of sp³-hybridized carbons (Fsp3) is 0.211. The molecule has 6 heteroatoms. The molecule has 2 aromatic heterocycles. The van der Waals surface area contributed by atoms with E-state index >= 15 is 0 Å². The lowest BCUT2D eigenvalue weighted by molar-refractivity contribution is 0.237. The maximum atomic E-state index is 13.9. The summed E-state index contributed by atoms with van der Waals surface area (Å²) in [6, 6.07) is 10.4. The van der Waals surface area contributed by atoms with Gasteiger partial charge >= 0.3 is 0 Å². The molecule has 0 unspecified atom stereocenters. The van der Waals surface area contributed by atoms with Gasteiger partial charge in [-0.25, -0.2) is 9.37 Å². The molecule has 1 aromatic carbocycles. The number of nitrogens with zero attached hydrogens (tertiary/aromatic N) is 3. The molecule has 0 saturated heterocycles. The van der Waals surface area contributed by atoms with Crippen LogP contribution in [-0.2, 0) is 19.5 Å². The van der Waals surface area contributed by atoms with Crippen molar-refractivity contribution in [2.75, 3.05) is 6.54 Å². The fourth-order valence-corrected chi connectivity index (χ4v) is 3.14. The average Bonchev–Trinajstić information content (AvgIpc) is 2.64. The predicted molar refractivity (Wildman–Crippen MR) is 92.3 cm³/mol. The third-order valence-electron chi connectivity index (χ3n) is 4.44. The molecule has 0 spiro atoms. The van der Waals surface area contributed by atoms with Crippen LogP contribution in [0.5, 0.6) is 0 Å². The number of benzene rings is 1. The normalized spacial score (nSPS) is 14.3. The molecule has 0 saturated carbocycles. The topological polar surface area (TPSA) is 61.9 Å². The van der Waals surface area contributed by atoms with Crippen LogP contribution in [0.25, 0.3) is 11.4 Å². The fourth-order valence-electron chi connectivity index (χ4n) is 3.14. The van der Waals surface area contributed by atoms with Crippen molar-refractivity contribution in [3.05, 3.63) is 81.8 Å². The van der Waals surface area contributed by atoms with Crippen molar-refractivity contribution in [3.8, 4) is 11.4 Å². The largest absolute Gasteiger partial charge is 0.306 e. The highest BCUT2D eigenvalue weighted by Gasteiger charge is 2.22. The Hall–Kier alpha value is -2.86. The number of aromatic amines is 1. The summed E-state index contributed by atoms with van der Waals surface area (Å²) >= 11 is 0. The minimum atomic E-state index is -0.205. The van der Waals surface area contributed by atoms with E-state index in [2.05, 4.69) is 19.9 Å². The van der Waals surface area contributed by atoms with E-state index in [1.165, 1.54) is 6.07 Å². The lowest BCUT2D eigenvalue weighted by Crippen LogP contribution is -2.35. The molecule has 1 aliphatic rings. The van der Waals surface area contributed by atoms with Gasteiger partial charge in [-0.1, -0.05) is 18.2 Å². The monoisotopic (exact) mass is 336 g/mol. The summed E-state index contributed by atoms with van der Waals surface area (Å²) < 4.78 is 13.9. The second-order valence-corrected chi connectivity index (χ2v) is 6.13. The summed E-state index contributed by atoms with van der Waals surface area (Å²) in [6.07, 6.45) is 3.96. The molecular formula is C19H17FN4O. The van der Waals surface area contributed by atoms with Gasteiger partial charge in [-0.3, -0.25) is 14.7 Å². The highest BCUT2D eigenvalue weighted by atomic mass is 19.1. The summed E-state index contributed by atoms with van der Waals surface area (Å²) in [4.78, 5) is 26.0. The molecule has 0 fully saturated rings. The van der Waals surface area contributed by atoms with Crippen LogP contribution in [0.1, 0.15) is 16.8 Å². The van der Waals surface area contributed by atoms with Crippen LogP contribution in [0.3, 0.4) is 0 Å². The highest BCUT2D eigenvalue weighted by Crippen LogP contribution is 2.20. The van der Waals surface area contributed by atoms with Crippen molar-refractivity contribution in [2.45, 2.75) is 19.5 Å². The Kier molecular flexibility index (Phi) is 4.11. The van der Waals surface area contributed by atoms with Crippen LogP contribution < -0.4 is 5.56 Å². The number of hydrogen-bond donors (Lipinski definition) is 1. The third-order valence-corrected chi connectivity index (χ3v) is 4.44. The second-order valence-electron chi connectivity index (χ2n) is 6.13. The van der Waals surface area contributed by atoms with Crippen molar-refractivity contribution in [2.24, 2.45) is 0 Å². The van der Waals surface area contributed by atoms with Gasteiger partial charge in [0, 0.05) is 48.7 Å². The van der Waals surface area contributed by atoms with Crippen LogP contribution in [-0.4, -0.2) is 26.4 Å². The van der Waals surface area contributed by atoms with Crippen molar-refractivity contribution < 1.29 is 4.39 Å². The molecule has 126 valence electrons. The number of nitrogens with one attached hydrogen (secondary N) is 1. The lowest BCUT2D eigenvalue weighted by Gasteiger charge is -2.27. The van der Waals surface area contributed by atoms with E-state index in [9.17, 15) is 9.18 Å². The summed E-state index contributed by atoms with van der Waals surface area (Å²) in [6.45, 7) is 1.74. The second kappa shape index (κ2) is 6.57. The van der Waals surface area contributed by atoms with E-state index in [1.807, 2.05) is 12.1 Å². The molecule has 5 nitrogen and oxygen atoms in total. The molecular weight excluding hydrogens is 319 g/mol. The van der Waals surface area contributed by atoms with Crippen LogP contribution in [0.4, 0.5) is 4.39 Å². The van der Waals surface area contributed by atoms with Crippen molar-refractivity contribution in [1.82, 2.24) is 19.9 Å². The number of H-pyrrole nitrogens is 1. The summed E-state index contributed by atoms with van der Waals surface area (Å²) in [5, 5.41) is 0. The number of fused-ring (bicyclic) bond motifs is 1. The smallest absolute Gasteiger partial charge is 0.254 e. The molecule has 0 amide bonds. The number of hydrogen-bond acceptors (Lipinski definition) is 4. The number of rotatable bonds is 3. The van der Waals surface area contributed by atoms with E-state index in [-0.39, 0.29) is 11.4 Å². The molecule has 1 aliphatic heterocycles. The first-order valence-electron chi connectivity index (χ1n) is 8.19. The van der Waals surface area contributed by atoms with Crippen LogP contribution in [0.15, 0.2) is 53.6 Å². The van der Waals surface area contributed by atoms with Gasteiger partial charge in [0.15, 0.2) is 0 Å². The van der Waals surface area contributed by atoms with Gasteiger partial charge < -0.3 is 4.98 Å². The van der Waals surface area contributed by atoms with E-state index < -0.39 is 0 Å². The quantitative estimate of drug-likeness (QED) is 0.798. The zero-order valence-electron chi connectivity index (χ0n) is 13.6. The minimum Gasteiger partial charge on any atom is -0.306 e. The number of pyridine rings is 1. The Balaban J connectivity index is 1.63. The summed E-state index contributed by atoms with van der Waals surface area (Å²) in [5.41, 5.74) is 2.80. The van der Waals surface area contributed by atoms with Crippen LogP contribution in [0.2, 0.25) is 0 Å². The maximum absolute atomic E-state index is 13.9. The molecule has 0 radical (unpaired) electrons. The molecule has 0 aliphatic carbocycles. The van der Waals surface area contributed by atoms with E-state index in [0.717, 1.165) is 16.8 Å². The molecule has 25 heavy (non-hydrogen) atoms. The highest BCUT2D eigenvalue weighted by molar-refractivity contribution is 5.53. The van der Waals surface area contributed by atoms with Crippen LogP contribution >= 0.6 is 0 Å². The first kappa shape index (κ1) is 15.7. The van der Waals surface area contributed by atoms with Gasteiger partial charge in [0.05, 0.1) is 5.69 Å². The van der Waals surface area contributed by atoms with Gasteiger partial charge in [0.2, 0.25) is 0 Å². The Labute approximate surface area is 144 Å². The maximum Gasteiger partial charge on any atom is 0.254 e. The Bertz CT molecular complexity index is 955. The standard InChI is InChI=1S/C19H17FN4O/c20-16-6-2-1-4-14(16)11-24-9-7-15-17(12-24)22-18(23-19(15)25)13-5-3-8-21-10-13/h1-6,8,10H,7,9,11-12H2,(H,22,23,25). The van der Waals surface area contributed by atoms with Crippen molar-refractivity contribution in [1.29, 1.82) is 0 Å². The summed E-state index contributed by atoms with van der Waals surface area (Å²) in [7, 11) is 0. The van der Waals surface area contributed by atoms with Gasteiger partial charge in [-0.2, -0.15) is 0 Å². The molecule has 0 atom stereocenters. The van der Waals surface area contributed by atoms with Crippen LogP contribution in [0, 0.1) is 5.82 Å². The van der Waals surface area contributed by atoms with Gasteiger partial charge in [-0.05, 0) is 24.6 Å². The Morgan fingerprint density at radius 3 is 2.88 bits per heavy atom. The van der Waals surface area contributed by atoms with E-state index in [4.69, 9.17) is 0 Å². The molecule has 1 N–H and O–H groups in total. The first-order valence-corrected chi connectivity index (χ1v) is 8.19. The Morgan fingerprint density at radius 2 is 2.08 bits per heavy atom. The van der Waals surface area contributed by atoms with E-state index in [1.54, 1.807) is 30.6 Å². The van der Waals surface area contributed by atoms with Gasteiger partial charge in [0.25, 0.3) is 5.56 Å². The molecule has 3 heterocycles. The molecule has 4 rings (SSSR count). The van der Waals surface area contributed by atoms with Gasteiger partial charge in [0.1, 0.15) is 11.6 Å². The Morgan fingerprint density at radius 1 is 1.20 bits per heavy atom. The average molecular weight is 336 g/mol. The first-order chi connectivity index (χ1) is 12.2. The molecule has 3 aromatic rings. The van der Waals surface area contributed by atoms with E-state index in [0.29, 0.717) is 37.4 Å². The predicted octanol–water partition coefficient (Wildman–Crippen LogP) is 2.53. The molecule has 0 bridgehead atoms. The van der Waals surface area contributed by atoms with Gasteiger partial charge in [-0.15, -0.1) is 0 Å². The zero-order chi connectivity index (χ0) is 17.2. The van der Waals surface area contributed by atoms with Crippen molar-refractivity contribution in [3.63, 3.8) is 0 Å². The lowest BCUT2D eigenvalue weighted by atomic mass is 10.0.